The van der Waals surface area contributed by atoms with E-state index in [0.717, 1.165) is 17.7 Å². The van der Waals surface area contributed by atoms with E-state index in [1.807, 2.05) is 31.2 Å². The van der Waals surface area contributed by atoms with Crippen molar-refractivity contribution in [2.45, 2.75) is 19.4 Å². The highest BCUT2D eigenvalue weighted by atomic mass is 16.6. The first-order valence-electron chi connectivity index (χ1n) is 6.69. The molecule has 0 amide bonds. The predicted octanol–water partition coefficient (Wildman–Crippen LogP) is 4.13. The summed E-state index contributed by atoms with van der Waals surface area (Å²) >= 11 is 0. The Bertz CT molecular complexity index is 593. The Kier molecular flexibility index (Phi) is 4.77. The molecule has 0 spiro atoms. The van der Waals surface area contributed by atoms with Gasteiger partial charge in [0.05, 0.1) is 12.0 Å². The first-order chi connectivity index (χ1) is 10.1. The van der Waals surface area contributed by atoms with Crippen LogP contribution in [0, 0.1) is 10.1 Å². The molecule has 0 aliphatic heterocycles. The van der Waals surface area contributed by atoms with Crippen LogP contribution in [0.3, 0.4) is 0 Å². The zero-order chi connectivity index (χ0) is 15.2. The summed E-state index contributed by atoms with van der Waals surface area (Å²) in [6.45, 7) is 2.03. The van der Waals surface area contributed by atoms with Crippen LogP contribution in [0.5, 0.6) is 11.5 Å². The quantitative estimate of drug-likeness (QED) is 0.592. The molecule has 0 fully saturated rings. The minimum atomic E-state index is -0.426. The minimum Gasteiger partial charge on any atom is -0.497 e. The van der Waals surface area contributed by atoms with Gasteiger partial charge in [0.1, 0.15) is 17.6 Å². The maximum Gasteiger partial charge on any atom is 0.269 e. The third-order valence-corrected chi connectivity index (χ3v) is 3.18. The molecule has 2 rings (SSSR count). The van der Waals surface area contributed by atoms with Crippen molar-refractivity contribution in [3.8, 4) is 11.5 Å². The van der Waals surface area contributed by atoms with Crippen molar-refractivity contribution in [1.82, 2.24) is 0 Å². The van der Waals surface area contributed by atoms with Crippen molar-refractivity contribution in [1.29, 1.82) is 0 Å². The van der Waals surface area contributed by atoms with Crippen LogP contribution in [-0.4, -0.2) is 12.0 Å². The van der Waals surface area contributed by atoms with Gasteiger partial charge in [-0.15, -0.1) is 0 Å². The number of methoxy groups -OCH3 is 1. The molecule has 2 aromatic carbocycles. The van der Waals surface area contributed by atoms with Gasteiger partial charge in [0.2, 0.25) is 0 Å². The molecule has 0 saturated heterocycles. The molecule has 5 nitrogen and oxygen atoms in total. The lowest BCUT2D eigenvalue weighted by Gasteiger charge is -2.18. The second kappa shape index (κ2) is 6.74. The monoisotopic (exact) mass is 287 g/mol. The van der Waals surface area contributed by atoms with E-state index in [1.165, 1.54) is 12.1 Å². The van der Waals surface area contributed by atoms with Crippen molar-refractivity contribution in [3.05, 3.63) is 64.2 Å². The molecule has 0 saturated carbocycles. The second-order valence-electron chi connectivity index (χ2n) is 4.54. The fourth-order valence-corrected chi connectivity index (χ4v) is 2.02. The zero-order valence-corrected chi connectivity index (χ0v) is 12.0. The van der Waals surface area contributed by atoms with Crippen molar-refractivity contribution < 1.29 is 14.4 Å². The van der Waals surface area contributed by atoms with Crippen LogP contribution in [0.1, 0.15) is 25.0 Å². The van der Waals surface area contributed by atoms with Crippen molar-refractivity contribution in [2.24, 2.45) is 0 Å². The summed E-state index contributed by atoms with van der Waals surface area (Å²) in [5.74, 6) is 1.41. The molecule has 2 aromatic rings. The van der Waals surface area contributed by atoms with E-state index in [4.69, 9.17) is 9.47 Å². The molecule has 0 heterocycles. The fourth-order valence-electron chi connectivity index (χ4n) is 2.02. The molecule has 110 valence electrons. The zero-order valence-electron chi connectivity index (χ0n) is 12.0. The lowest BCUT2D eigenvalue weighted by atomic mass is 10.1. The van der Waals surface area contributed by atoms with Crippen LogP contribution >= 0.6 is 0 Å². The van der Waals surface area contributed by atoms with E-state index in [0.29, 0.717) is 5.75 Å². The molecule has 0 radical (unpaired) electrons. The Morgan fingerprint density at radius 3 is 2.10 bits per heavy atom. The number of hydrogen-bond donors (Lipinski definition) is 0. The number of rotatable bonds is 6. The summed E-state index contributed by atoms with van der Waals surface area (Å²) < 4.78 is 11.0. The van der Waals surface area contributed by atoms with E-state index in [1.54, 1.807) is 19.2 Å². The topological polar surface area (TPSA) is 61.6 Å². The van der Waals surface area contributed by atoms with E-state index in [-0.39, 0.29) is 11.8 Å². The summed E-state index contributed by atoms with van der Waals surface area (Å²) in [7, 11) is 1.62. The van der Waals surface area contributed by atoms with Gasteiger partial charge in [-0.2, -0.15) is 0 Å². The molecule has 5 heteroatoms. The summed E-state index contributed by atoms with van der Waals surface area (Å²) in [5, 5.41) is 10.6. The second-order valence-corrected chi connectivity index (χ2v) is 4.54. The molecule has 0 aliphatic rings. The molecule has 1 unspecified atom stereocenters. The van der Waals surface area contributed by atoms with Gasteiger partial charge < -0.3 is 9.47 Å². The Hall–Kier alpha value is -2.56. The van der Waals surface area contributed by atoms with Gasteiger partial charge >= 0.3 is 0 Å². The fraction of sp³-hybridized carbons (Fsp3) is 0.250. The van der Waals surface area contributed by atoms with Crippen LogP contribution in [-0.2, 0) is 0 Å². The lowest BCUT2D eigenvalue weighted by molar-refractivity contribution is -0.384. The largest absolute Gasteiger partial charge is 0.497 e. The highest BCUT2D eigenvalue weighted by Crippen LogP contribution is 2.27. The van der Waals surface area contributed by atoms with Gasteiger partial charge in [0, 0.05) is 12.1 Å². The van der Waals surface area contributed by atoms with Crippen LogP contribution < -0.4 is 9.47 Å². The molecule has 0 aliphatic carbocycles. The molecule has 1 atom stereocenters. The van der Waals surface area contributed by atoms with Crippen LogP contribution in [0.2, 0.25) is 0 Å². The maximum absolute atomic E-state index is 10.6. The highest BCUT2D eigenvalue weighted by Gasteiger charge is 2.12. The number of nitro groups is 1. The van der Waals surface area contributed by atoms with E-state index in [9.17, 15) is 10.1 Å². The van der Waals surface area contributed by atoms with E-state index >= 15 is 0 Å². The average Bonchev–Trinajstić information content (AvgIpc) is 2.53. The van der Waals surface area contributed by atoms with Gasteiger partial charge in [-0.1, -0.05) is 19.1 Å². The normalized spacial score (nSPS) is 11.7. The molecule has 0 aromatic heterocycles. The third-order valence-electron chi connectivity index (χ3n) is 3.18. The molecule has 0 N–H and O–H groups in total. The SMILES string of the molecule is CCC(Oc1ccc([N+](=O)[O-])cc1)c1ccc(OC)cc1. The van der Waals surface area contributed by atoms with Gasteiger partial charge in [0.25, 0.3) is 5.69 Å². The van der Waals surface area contributed by atoms with Gasteiger partial charge in [-0.25, -0.2) is 0 Å². The number of hydrogen-bond acceptors (Lipinski definition) is 4. The average molecular weight is 287 g/mol. The predicted molar refractivity (Wildman–Crippen MR) is 79.8 cm³/mol. The van der Waals surface area contributed by atoms with Crippen LogP contribution in [0.15, 0.2) is 48.5 Å². The first kappa shape index (κ1) is 14.8. The van der Waals surface area contributed by atoms with E-state index in [2.05, 4.69) is 0 Å². The lowest BCUT2D eigenvalue weighted by Crippen LogP contribution is -2.06. The Morgan fingerprint density at radius 2 is 1.62 bits per heavy atom. The summed E-state index contributed by atoms with van der Waals surface area (Å²) in [6, 6.07) is 13.8. The number of nitrogens with zero attached hydrogens (tertiary/aromatic N) is 1. The first-order valence-corrected chi connectivity index (χ1v) is 6.69. The summed E-state index contributed by atoms with van der Waals surface area (Å²) in [5.41, 5.74) is 1.09. The molecule has 21 heavy (non-hydrogen) atoms. The van der Waals surface area contributed by atoms with E-state index < -0.39 is 4.92 Å². The highest BCUT2D eigenvalue weighted by molar-refractivity contribution is 5.36. The molecular formula is C16H17NO4. The van der Waals surface area contributed by atoms with Gasteiger partial charge in [-0.05, 0) is 36.2 Å². The number of nitro benzene ring substituents is 1. The number of ether oxygens (including phenoxy) is 2. The smallest absolute Gasteiger partial charge is 0.269 e. The van der Waals surface area contributed by atoms with Crippen molar-refractivity contribution in [3.63, 3.8) is 0 Å². The van der Waals surface area contributed by atoms with Crippen molar-refractivity contribution in [2.75, 3.05) is 7.11 Å². The summed E-state index contributed by atoms with van der Waals surface area (Å²) in [6.07, 6.45) is 0.695. The molecular weight excluding hydrogens is 270 g/mol. The molecule has 0 bridgehead atoms. The third kappa shape index (κ3) is 3.72. The van der Waals surface area contributed by atoms with Crippen molar-refractivity contribution >= 4 is 5.69 Å². The van der Waals surface area contributed by atoms with Crippen LogP contribution in [0.4, 0.5) is 5.69 Å². The minimum absolute atomic E-state index is 0.0554. The van der Waals surface area contributed by atoms with Gasteiger partial charge in [-0.3, -0.25) is 10.1 Å². The maximum atomic E-state index is 10.6. The Labute approximate surface area is 123 Å². The Balaban J connectivity index is 2.12. The Morgan fingerprint density at radius 1 is 1.05 bits per heavy atom. The number of non-ortho nitro benzene ring substituents is 1. The van der Waals surface area contributed by atoms with Crippen LogP contribution in [0.25, 0.3) is 0 Å². The standard InChI is InChI=1S/C16H17NO4/c1-3-16(12-4-8-14(20-2)9-5-12)21-15-10-6-13(7-11-15)17(18)19/h4-11,16H,3H2,1-2H3. The summed E-state index contributed by atoms with van der Waals surface area (Å²) in [4.78, 5) is 10.2. The van der Waals surface area contributed by atoms with Gasteiger partial charge in [0.15, 0.2) is 0 Å². The number of benzene rings is 2.